The van der Waals surface area contributed by atoms with Gasteiger partial charge in [-0.25, -0.2) is 8.42 Å². The summed E-state index contributed by atoms with van der Waals surface area (Å²) in [6.07, 6.45) is 0.283. The minimum atomic E-state index is -3.62. The molecule has 1 aliphatic heterocycles. The van der Waals surface area contributed by atoms with E-state index in [9.17, 15) is 18.0 Å². The highest BCUT2D eigenvalue weighted by Gasteiger charge is 2.30. The Morgan fingerprint density at radius 3 is 2.45 bits per heavy atom. The molecule has 1 saturated heterocycles. The number of nitrogens with zero attached hydrogens (tertiary/aromatic N) is 2. The zero-order valence-electron chi connectivity index (χ0n) is 10.6. The van der Waals surface area contributed by atoms with E-state index in [0.717, 1.165) is 4.90 Å². The Labute approximate surface area is 116 Å². The molecule has 1 fully saturated rings. The topological polar surface area (TPSA) is 95.3 Å². The predicted octanol–water partition coefficient (Wildman–Crippen LogP) is 0.481. The van der Waals surface area contributed by atoms with Crippen LogP contribution < -0.4 is 0 Å². The van der Waals surface area contributed by atoms with Gasteiger partial charge in [0.15, 0.2) is 9.84 Å². The minimum absolute atomic E-state index is 0.0237. The fraction of sp³-hybridized carbons (Fsp3) is 0.308. The van der Waals surface area contributed by atoms with Crippen molar-refractivity contribution < 1.29 is 18.0 Å². The number of hydrogen-bond donors (Lipinski definition) is 0. The summed E-state index contributed by atoms with van der Waals surface area (Å²) in [6, 6.07) is 7.53. The molecule has 7 heteroatoms. The summed E-state index contributed by atoms with van der Waals surface area (Å²) in [7, 11) is -3.62. The van der Waals surface area contributed by atoms with E-state index < -0.39 is 9.84 Å². The van der Waals surface area contributed by atoms with Crippen molar-refractivity contribution in [2.75, 3.05) is 12.3 Å². The van der Waals surface area contributed by atoms with Crippen LogP contribution in [0.25, 0.3) is 0 Å². The number of nitriles is 1. The molecule has 1 aromatic carbocycles. The number of carbonyl (C=O) groups is 2. The quantitative estimate of drug-likeness (QED) is 0.752. The average molecular weight is 292 g/mol. The highest BCUT2D eigenvalue weighted by molar-refractivity contribution is 7.91. The lowest BCUT2D eigenvalue weighted by molar-refractivity contribution is -0.137. The first-order valence-corrected chi connectivity index (χ1v) is 7.65. The highest BCUT2D eigenvalue weighted by atomic mass is 32.2. The lowest BCUT2D eigenvalue weighted by Gasteiger charge is -2.13. The molecular weight excluding hydrogens is 280 g/mol. The van der Waals surface area contributed by atoms with Crippen molar-refractivity contribution in [3.63, 3.8) is 0 Å². The lowest BCUT2D eigenvalue weighted by atomic mass is 10.2. The van der Waals surface area contributed by atoms with Crippen LogP contribution in [0.2, 0.25) is 0 Å². The fourth-order valence-corrected chi connectivity index (χ4v) is 3.21. The molecule has 0 N–H and O–H groups in total. The van der Waals surface area contributed by atoms with Gasteiger partial charge in [0.2, 0.25) is 11.8 Å². The minimum Gasteiger partial charge on any atom is -0.282 e. The third kappa shape index (κ3) is 2.86. The van der Waals surface area contributed by atoms with Crippen molar-refractivity contribution in [1.29, 1.82) is 5.26 Å². The molecule has 0 radical (unpaired) electrons. The molecule has 1 aromatic rings. The maximum Gasteiger partial charge on any atom is 0.229 e. The summed E-state index contributed by atoms with van der Waals surface area (Å²) >= 11 is 0. The number of likely N-dealkylation sites (tertiary alicyclic amines) is 1. The van der Waals surface area contributed by atoms with Crippen molar-refractivity contribution in [2.45, 2.75) is 17.7 Å². The van der Waals surface area contributed by atoms with E-state index in [1.807, 2.05) is 6.07 Å². The number of amides is 2. The number of rotatable bonds is 4. The Morgan fingerprint density at radius 2 is 1.85 bits per heavy atom. The van der Waals surface area contributed by atoms with Crippen LogP contribution in [0.1, 0.15) is 18.4 Å². The fourth-order valence-electron chi connectivity index (χ4n) is 1.96. The van der Waals surface area contributed by atoms with Crippen LogP contribution in [0, 0.1) is 11.3 Å². The van der Waals surface area contributed by atoms with E-state index in [4.69, 9.17) is 5.26 Å². The van der Waals surface area contributed by atoms with Gasteiger partial charge < -0.3 is 0 Å². The molecule has 104 valence electrons. The van der Waals surface area contributed by atoms with E-state index in [2.05, 4.69) is 0 Å². The van der Waals surface area contributed by atoms with Gasteiger partial charge in [0.25, 0.3) is 0 Å². The van der Waals surface area contributed by atoms with Crippen LogP contribution in [-0.2, 0) is 19.4 Å². The average Bonchev–Trinajstić information content (AvgIpc) is 2.76. The zero-order valence-corrected chi connectivity index (χ0v) is 11.4. The van der Waals surface area contributed by atoms with Crippen molar-refractivity contribution in [3.8, 4) is 6.07 Å². The van der Waals surface area contributed by atoms with Gasteiger partial charge in [-0.15, -0.1) is 0 Å². The number of imide groups is 1. The Balaban J connectivity index is 2.13. The summed E-state index contributed by atoms with van der Waals surface area (Å²) in [6.45, 7) is -0.142. The van der Waals surface area contributed by atoms with Crippen molar-refractivity contribution in [3.05, 3.63) is 29.8 Å². The van der Waals surface area contributed by atoms with Gasteiger partial charge in [-0.2, -0.15) is 5.26 Å². The molecule has 0 spiro atoms. The van der Waals surface area contributed by atoms with Crippen molar-refractivity contribution in [1.82, 2.24) is 4.90 Å². The Hall–Kier alpha value is -2.20. The standard InChI is InChI=1S/C13H12N2O4S/c14-9-10-2-1-3-11(8-10)20(18,19)7-6-15-12(16)4-5-13(15)17/h1-3,8H,4-7H2. The second-order valence-electron chi connectivity index (χ2n) is 4.40. The van der Waals surface area contributed by atoms with Crippen molar-refractivity contribution >= 4 is 21.7 Å². The third-order valence-electron chi connectivity index (χ3n) is 3.06. The third-order valence-corrected chi connectivity index (χ3v) is 4.75. The summed E-state index contributed by atoms with van der Waals surface area (Å²) < 4.78 is 24.2. The molecule has 0 aliphatic carbocycles. The van der Waals surface area contributed by atoms with Gasteiger partial charge in [-0.1, -0.05) is 6.07 Å². The monoisotopic (exact) mass is 292 g/mol. The van der Waals surface area contributed by atoms with Crippen LogP contribution in [0.3, 0.4) is 0 Å². The van der Waals surface area contributed by atoms with E-state index in [1.165, 1.54) is 24.3 Å². The molecule has 0 atom stereocenters. The van der Waals surface area contributed by atoms with Gasteiger partial charge in [-0.05, 0) is 18.2 Å². The van der Waals surface area contributed by atoms with E-state index in [1.54, 1.807) is 0 Å². The van der Waals surface area contributed by atoms with Gasteiger partial charge in [0.05, 0.1) is 22.3 Å². The molecular formula is C13H12N2O4S. The van der Waals surface area contributed by atoms with Crippen LogP contribution in [0.5, 0.6) is 0 Å². The molecule has 20 heavy (non-hydrogen) atoms. The van der Waals surface area contributed by atoms with Crippen LogP contribution in [-0.4, -0.2) is 37.4 Å². The summed E-state index contributed by atoms with van der Waals surface area (Å²) in [4.78, 5) is 23.8. The first kappa shape index (κ1) is 14.2. The Morgan fingerprint density at radius 1 is 1.20 bits per heavy atom. The normalized spacial score (nSPS) is 15.4. The molecule has 0 bridgehead atoms. The largest absolute Gasteiger partial charge is 0.282 e. The second-order valence-corrected chi connectivity index (χ2v) is 6.51. The van der Waals surface area contributed by atoms with Gasteiger partial charge in [-0.3, -0.25) is 14.5 Å². The first-order chi connectivity index (χ1) is 9.44. The lowest BCUT2D eigenvalue weighted by Crippen LogP contribution is -2.33. The summed E-state index contributed by atoms with van der Waals surface area (Å²) in [5, 5.41) is 8.76. The van der Waals surface area contributed by atoms with Crippen molar-refractivity contribution in [2.24, 2.45) is 0 Å². The SMILES string of the molecule is N#Cc1cccc(S(=O)(=O)CCN2C(=O)CCC2=O)c1. The Kier molecular flexibility index (Phi) is 3.86. The maximum atomic E-state index is 12.1. The molecule has 0 saturated carbocycles. The number of benzene rings is 1. The second kappa shape index (κ2) is 5.43. The zero-order chi connectivity index (χ0) is 14.8. The molecule has 1 heterocycles. The van der Waals surface area contributed by atoms with Gasteiger partial charge in [0.1, 0.15) is 0 Å². The number of carbonyl (C=O) groups excluding carboxylic acids is 2. The van der Waals surface area contributed by atoms with Crippen LogP contribution in [0.4, 0.5) is 0 Å². The van der Waals surface area contributed by atoms with Crippen LogP contribution in [0.15, 0.2) is 29.2 Å². The van der Waals surface area contributed by atoms with Gasteiger partial charge in [0, 0.05) is 19.4 Å². The molecule has 6 nitrogen and oxygen atoms in total. The van der Waals surface area contributed by atoms with E-state index in [-0.39, 0.29) is 47.4 Å². The van der Waals surface area contributed by atoms with Gasteiger partial charge >= 0.3 is 0 Å². The predicted molar refractivity (Wildman–Crippen MR) is 69.2 cm³/mol. The van der Waals surface area contributed by atoms with E-state index >= 15 is 0 Å². The number of hydrogen-bond acceptors (Lipinski definition) is 5. The molecule has 2 rings (SSSR count). The summed E-state index contributed by atoms with van der Waals surface area (Å²) in [5.41, 5.74) is 0.249. The molecule has 0 aromatic heterocycles. The number of sulfone groups is 1. The maximum absolute atomic E-state index is 12.1. The molecule has 0 unspecified atom stereocenters. The van der Waals surface area contributed by atoms with E-state index in [0.29, 0.717) is 0 Å². The first-order valence-electron chi connectivity index (χ1n) is 6.00. The summed E-state index contributed by atoms with van der Waals surface area (Å²) in [5.74, 6) is -1.01. The molecule has 2 amide bonds. The smallest absolute Gasteiger partial charge is 0.229 e. The Bertz CT molecular complexity index is 687. The highest BCUT2D eigenvalue weighted by Crippen LogP contribution is 2.16. The van der Waals surface area contributed by atoms with Crippen LogP contribution >= 0.6 is 0 Å². The molecule has 1 aliphatic rings.